The molecule has 0 atom stereocenters. The molecule has 0 saturated heterocycles. The fraction of sp³-hybridized carbons (Fsp3) is 0.0833. The number of nitrogens with zero attached hydrogens (tertiary/aromatic N) is 4. The molecule has 4 rings (SSSR count). The summed E-state index contributed by atoms with van der Waals surface area (Å²) in [7, 11) is 0. The first-order chi connectivity index (χ1) is 16.0. The standard InChI is InChI=1S/C24H21N7O2/c1-15-6-8-27-13-18(15)20-9-17-10-21(28-14-19(17)24(25)30-20)31-23(33)5-4-22(32)29-12-16-3-2-7-26-11-16/h2-11,13-14H,12H2,1H3,(H2,25,30)(H,29,32)(H,28,31,33)/b5-4-. The monoisotopic (exact) mass is 439 g/mol. The van der Waals surface area contributed by atoms with E-state index in [-0.39, 0.29) is 0 Å². The molecule has 0 spiro atoms. The number of hydrogen-bond acceptors (Lipinski definition) is 7. The van der Waals surface area contributed by atoms with Gasteiger partial charge in [-0.3, -0.25) is 19.6 Å². The molecule has 164 valence electrons. The van der Waals surface area contributed by atoms with E-state index in [9.17, 15) is 9.59 Å². The average molecular weight is 439 g/mol. The lowest BCUT2D eigenvalue weighted by Gasteiger charge is -2.09. The Labute approximate surface area is 189 Å². The Kier molecular flexibility index (Phi) is 6.31. The van der Waals surface area contributed by atoms with Gasteiger partial charge in [-0.05, 0) is 47.7 Å². The fourth-order valence-electron chi connectivity index (χ4n) is 3.18. The Balaban J connectivity index is 1.45. The highest BCUT2D eigenvalue weighted by molar-refractivity contribution is 6.04. The molecule has 4 N–H and O–H groups in total. The number of aryl methyl sites for hydroxylation is 1. The number of nitrogen functional groups attached to an aromatic ring is 1. The third-order valence-corrected chi connectivity index (χ3v) is 4.89. The van der Waals surface area contributed by atoms with E-state index in [2.05, 4.69) is 30.6 Å². The van der Waals surface area contributed by atoms with E-state index < -0.39 is 11.8 Å². The van der Waals surface area contributed by atoms with Gasteiger partial charge in [-0.2, -0.15) is 0 Å². The van der Waals surface area contributed by atoms with Gasteiger partial charge in [0.05, 0.1) is 5.69 Å². The summed E-state index contributed by atoms with van der Waals surface area (Å²) in [4.78, 5) is 41.0. The first kappa shape index (κ1) is 21.6. The van der Waals surface area contributed by atoms with Crippen molar-refractivity contribution in [2.75, 3.05) is 11.1 Å². The van der Waals surface area contributed by atoms with Crippen LogP contribution < -0.4 is 16.4 Å². The molecule has 9 heteroatoms. The maximum absolute atomic E-state index is 12.3. The van der Waals surface area contributed by atoms with Crippen molar-refractivity contribution >= 4 is 34.2 Å². The fourth-order valence-corrected chi connectivity index (χ4v) is 3.18. The topological polar surface area (TPSA) is 136 Å². The molecular weight excluding hydrogens is 418 g/mol. The first-order valence-corrected chi connectivity index (χ1v) is 10.1. The number of pyridine rings is 4. The van der Waals surface area contributed by atoms with Crippen molar-refractivity contribution in [2.45, 2.75) is 13.5 Å². The lowest BCUT2D eigenvalue weighted by molar-refractivity contribution is -0.117. The van der Waals surface area contributed by atoms with Crippen molar-refractivity contribution < 1.29 is 9.59 Å². The van der Waals surface area contributed by atoms with E-state index in [1.165, 1.54) is 0 Å². The van der Waals surface area contributed by atoms with E-state index >= 15 is 0 Å². The molecule has 0 fully saturated rings. The van der Waals surface area contributed by atoms with Gasteiger partial charge in [0.1, 0.15) is 11.6 Å². The van der Waals surface area contributed by atoms with Crippen LogP contribution in [0, 0.1) is 6.92 Å². The number of nitrogens with one attached hydrogen (secondary N) is 2. The molecule has 0 unspecified atom stereocenters. The summed E-state index contributed by atoms with van der Waals surface area (Å²) in [5.74, 6) is -0.215. The normalized spacial score (nSPS) is 10.9. The molecule has 0 aromatic carbocycles. The van der Waals surface area contributed by atoms with E-state index in [0.717, 1.165) is 34.2 Å². The summed E-state index contributed by atoms with van der Waals surface area (Å²) in [5, 5.41) is 6.78. The van der Waals surface area contributed by atoms with Crippen LogP contribution in [-0.2, 0) is 16.1 Å². The molecule has 4 heterocycles. The summed E-state index contributed by atoms with van der Waals surface area (Å²) in [6.45, 7) is 2.29. The summed E-state index contributed by atoms with van der Waals surface area (Å²) in [5.41, 5.74) is 9.56. The third-order valence-electron chi connectivity index (χ3n) is 4.89. The Bertz CT molecular complexity index is 1350. The molecule has 4 aromatic heterocycles. The minimum absolute atomic E-state index is 0.319. The van der Waals surface area contributed by atoms with Crippen LogP contribution in [0.15, 0.2) is 73.5 Å². The number of carbonyl (C=O) groups is 2. The predicted molar refractivity (Wildman–Crippen MR) is 126 cm³/mol. The van der Waals surface area contributed by atoms with Gasteiger partial charge < -0.3 is 16.4 Å². The van der Waals surface area contributed by atoms with Gasteiger partial charge in [-0.25, -0.2) is 9.97 Å². The number of hydrogen-bond donors (Lipinski definition) is 3. The number of rotatable bonds is 6. The first-order valence-electron chi connectivity index (χ1n) is 10.1. The lowest BCUT2D eigenvalue weighted by Crippen LogP contribution is -2.21. The summed E-state index contributed by atoms with van der Waals surface area (Å²) >= 11 is 0. The van der Waals surface area contributed by atoms with Gasteiger partial charge >= 0.3 is 0 Å². The van der Waals surface area contributed by atoms with Gasteiger partial charge in [0.25, 0.3) is 0 Å². The zero-order valence-corrected chi connectivity index (χ0v) is 17.8. The van der Waals surface area contributed by atoms with E-state index in [1.807, 2.05) is 25.1 Å². The smallest absolute Gasteiger partial charge is 0.249 e. The molecule has 33 heavy (non-hydrogen) atoms. The predicted octanol–water partition coefficient (Wildman–Crippen LogP) is 2.79. The number of aromatic nitrogens is 4. The van der Waals surface area contributed by atoms with Gasteiger partial charge in [-0.1, -0.05) is 6.07 Å². The van der Waals surface area contributed by atoms with Crippen LogP contribution in [0.25, 0.3) is 22.0 Å². The van der Waals surface area contributed by atoms with Crippen molar-refractivity contribution in [3.8, 4) is 11.3 Å². The van der Waals surface area contributed by atoms with Crippen LogP contribution in [0.5, 0.6) is 0 Å². The molecule has 0 bridgehead atoms. The molecule has 0 aliphatic carbocycles. The number of fused-ring (bicyclic) bond motifs is 1. The molecule has 4 aromatic rings. The van der Waals surface area contributed by atoms with Crippen LogP contribution in [0.3, 0.4) is 0 Å². The Morgan fingerprint density at radius 1 is 1.03 bits per heavy atom. The highest BCUT2D eigenvalue weighted by Crippen LogP contribution is 2.28. The quantitative estimate of drug-likeness (QED) is 0.393. The molecular formula is C24H21N7O2. The van der Waals surface area contributed by atoms with Gasteiger partial charge in [-0.15, -0.1) is 0 Å². The van der Waals surface area contributed by atoms with Crippen LogP contribution >= 0.6 is 0 Å². The number of anilines is 2. The second kappa shape index (κ2) is 9.65. The van der Waals surface area contributed by atoms with E-state index in [0.29, 0.717) is 29.3 Å². The maximum Gasteiger partial charge on any atom is 0.249 e. The number of carbonyl (C=O) groups excluding carboxylic acids is 2. The van der Waals surface area contributed by atoms with E-state index in [1.54, 1.807) is 43.1 Å². The van der Waals surface area contributed by atoms with Gasteiger partial charge in [0.15, 0.2) is 0 Å². The highest BCUT2D eigenvalue weighted by Gasteiger charge is 2.10. The summed E-state index contributed by atoms with van der Waals surface area (Å²) in [6, 6.07) is 9.10. The van der Waals surface area contributed by atoms with Crippen LogP contribution in [0.2, 0.25) is 0 Å². The van der Waals surface area contributed by atoms with Crippen LogP contribution in [0.4, 0.5) is 11.6 Å². The molecule has 0 aliphatic heterocycles. The van der Waals surface area contributed by atoms with Crippen LogP contribution in [0.1, 0.15) is 11.1 Å². The summed E-state index contributed by atoms with van der Waals surface area (Å²) in [6.07, 6.45) is 10.6. The third kappa shape index (κ3) is 5.34. The number of amides is 2. The molecule has 0 saturated carbocycles. The second-order valence-electron chi connectivity index (χ2n) is 7.28. The van der Waals surface area contributed by atoms with Crippen molar-refractivity contribution in [3.63, 3.8) is 0 Å². The largest absolute Gasteiger partial charge is 0.383 e. The van der Waals surface area contributed by atoms with Gasteiger partial charge in [0.2, 0.25) is 11.8 Å². The van der Waals surface area contributed by atoms with Crippen molar-refractivity contribution in [3.05, 3.63) is 84.6 Å². The molecule has 0 radical (unpaired) electrons. The zero-order valence-electron chi connectivity index (χ0n) is 17.8. The molecule has 9 nitrogen and oxygen atoms in total. The van der Waals surface area contributed by atoms with Crippen molar-refractivity contribution in [2.24, 2.45) is 0 Å². The SMILES string of the molecule is Cc1ccncc1-c1cc2cc(NC(=O)/C=C\C(=O)NCc3cccnc3)ncc2c(N)n1. The maximum atomic E-state index is 12.3. The minimum Gasteiger partial charge on any atom is -0.383 e. The Hall–Kier alpha value is -4.66. The Morgan fingerprint density at radius 2 is 1.85 bits per heavy atom. The van der Waals surface area contributed by atoms with Gasteiger partial charge in [0, 0.05) is 60.6 Å². The molecule has 0 aliphatic rings. The minimum atomic E-state index is -0.483. The van der Waals surface area contributed by atoms with Crippen molar-refractivity contribution in [1.29, 1.82) is 0 Å². The van der Waals surface area contributed by atoms with E-state index in [4.69, 9.17) is 5.73 Å². The van der Waals surface area contributed by atoms with Crippen molar-refractivity contribution in [1.82, 2.24) is 25.3 Å². The average Bonchev–Trinajstić information content (AvgIpc) is 2.82. The highest BCUT2D eigenvalue weighted by atomic mass is 16.2. The lowest BCUT2D eigenvalue weighted by atomic mass is 10.1. The Morgan fingerprint density at radius 3 is 2.64 bits per heavy atom. The van der Waals surface area contributed by atoms with Crippen LogP contribution in [-0.4, -0.2) is 31.8 Å². The second-order valence-corrected chi connectivity index (χ2v) is 7.28. The number of nitrogens with two attached hydrogens (primary N) is 1. The summed E-state index contributed by atoms with van der Waals surface area (Å²) < 4.78 is 0. The zero-order chi connectivity index (χ0) is 23.2. The molecule has 2 amide bonds.